The number of piperidine rings is 2. The summed E-state index contributed by atoms with van der Waals surface area (Å²) in [4.78, 5) is 30.9. The van der Waals surface area contributed by atoms with Crippen LogP contribution in [0, 0.1) is 5.41 Å². The summed E-state index contributed by atoms with van der Waals surface area (Å²) in [5.41, 5.74) is -0.150. The van der Waals surface area contributed by atoms with Crippen LogP contribution >= 0.6 is 0 Å². The second-order valence-electron chi connectivity index (χ2n) is 6.62. The van der Waals surface area contributed by atoms with E-state index in [-0.39, 0.29) is 11.3 Å². The summed E-state index contributed by atoms with van der Waals surface area (Å²) in [6.07, 6.45) is 4.81. The van der Waals surface area contributed by atoms with Crippen molar-refractivity contribution >= 4 is 11.8 Å². The van der Waals surface area contributed by atoms with Gasteiger partial charge in [-0.3, -0.25) is 9.59 Å². The van der Waals surface area contributed by atoms with E-state index in [1.165, 1.54) is 0 Å². The molecule has 112 valence electrons. The Bertz CT molecular complexity index is 400. The van der Waals surface area contributed by atoms with Crippen molar-refractivity contribution in [2.45, 2.75) is 32.1 Å². The molecule has 3 rings (SSSR count). The molecular formula is C15H25N3O2. The van der Waals surface area contributed by atoms with Gasteiger partial charge in [0.2, 0.25) is 11.8 Å². The minimum Gasteiger partial charge on any atom is -0.344 e. The Kier molecular flexibility index (Phi) is 3.71. The lowest BCUT2D eigenvalue weighted by molar-refractivity contribution is -0.148. The summed E-state index contributed by atoms with van der Waals surface area (Å²) in [6, 6.07) is 0. The van der Waals surface area contributed by atoms with Crippen LogP contribution in [-0.4, -0.2) is 72.8 Å². The van der Waals surface area contributed by atoms with Crippen molar-refractivity contribution in [3.63, 3.8) is 0 Å². The van der Waals surface area contributed by atoms with Crippen LogP contribution in [0.3, 0.4) is 0 Å². The average molecular weight is 279 g/mol. The Hall–Kier alpha value is -1.10. The number of nitrogens with zero attached hydrogens (tertiary/aromatic N) is 3. The number of rotatable bonds is 1. The third-order valence-corrected chi connectivity index (χ3v) is 5.25. The number of likely N-dealkylation sites (N-methyl/N-ethyl adjacent to an activating group) is 1. The SMILES string of the molecule is CN1CCN(C(=O)C23CCCN(CCC2)C3)CCC1=O. The standard InChI is InChI=1S/C15H25N3O2/c1-16-10-11-18(9-4-13(16)19)14(20)15-5-2-7-17(12-15)8-3-6-15/h2-12H2,1H3. The maximum Gasteiger partial charge on any atom is 0.230 e. The Labute approximate surface area is 120 Å². The Balaban J connectivity index is 1.72. The van der Waals surface area contributed by atoms with Crippen molar-refractivity contribution in [3.05, 3.63) is 0 Å². The number of hydrogen-bond donors (Lipinski definition) is 0. The van der Waals surface area contributed by atoms with Crippen molar-refractivity contribution in [1.82, 2.24) is 14.7 Å². The lowest BCUT2D eigenvalue weighted by Crippen LogP contribution is -2.56. The van der Waals surface area contributed by atoms with Gasteiger partial charge in [0.15, 0.2) is 0 Å². The summed E-state index contributed by atoms with van der Waals surface area (Å²) in [6.45, 7) is 5.20. The van der Waals surface area contributed by atoms with E-state index < -0.39 is 0 Å². The molecule has 3 saturated heterocycles. The molecule has 5 heteroatoms. The van der Waals surface area contributed by atoms with E-state index in [1.54, 1.807) is 4.90 Å². The predicted octanol–water partition coefficient (Wildman–Crippen LogP) is 0.553. The van der Waals surface area contributed by atoms with Crippen LogP contribution in [0.25, 0.3) is 0 Å². The lowest BCUT2D eigenvalue weighted by Gasteiger charge is -2.47. The van der Waals surface area contributed by atoms with Crippen molar-refractivity contribution in [2.75, 3.05) is 46.3 Å². The third-order valence-electron chi connectivity index (χ3n) is 5.25. The third kappa shape index (κ3) is 2.43. The molecule has 0 spiro atoms. The summed E-state index contributed by atoms with van der Waals surface area (Å²) >= 11 is 0. The van der Waals surface area contributed by atoms with E-state index in [1.807, 2.05) is 11.9 Å². The average Bonchev–Trinajstić information content (AvgIpc) is 2.61. The molecular weight excluding hydrogens is 254 g/mol. The number of fused-ring (bicyclic) bond motifs is 2. The molecule has 0 unspecified atom stereocenters. The highest BCUT2D eigenvalue weighted by atomic mass is 16.2. The van der Waals surface area contributed by atoms with E-state index in [2.05, 4.69) is 4.90 Å². The minimum absolute atomic E-state index is 0.150. The molecule has 0 atom stereocenters. The van der Waals surface area contributed by atoms with Crippen LogP contribution < -0.4 is 0 Å². The Morgan fingerprint density at radius 2 is 1.75 bits per heavy atom. The number of amides is 2. The maximum absolute atomic E-state index is 13.0. The first-order valence-corrected chi connectivity index (χ1v) is 7.86. The minimum atomic E-state index is -0.150. The fourth-order valence-electron chi connectivity index (χ4n) is 4.01. The van der Waals surface area contributed by atoms with Crippen molar-refractivity contribution in [2.24, 2.45) is 5.41 Å². The first-order chi connectivity index (χ1) is 9.61. The van der Waals surface area contributed by atoms with Crippen LogP contribution in [0.1, 0.15) is 32.1 Å². The van der Waals surface area contributed by atoms with Gasteiger partial charge in [0.1, 0.15) is 0 Å². The molecule has 3 heterocycles. The fraction of sp³-hybridized carbons (Fsp3) is 0.867. The predicted molar refractivity (Wildman–Crippen MR) is 76.2 cm³/mol. The van der Waals surface area contributed by atoms with Crippen LogP contribution in [-0.2, 0) is 9.59 Å². The number of carbonyl (C=O) groups excluding carboxylic acids is 2. The van der Waals surface area contributed by atoms with E-state index in [9.17, 15) is 9.59 Å². The molecule has 3 aliphatic heterocycles. The van der Waals surface area contributed by atoms with E-state index in [0.717, 1.165) is 45.3 Å². The van der Waals surface area contributed by atoms with Gasteiger partial charge < -0.3 is 14.7 Å². The molecule has 3 fully saturated rings. The monoisotopic (exact) mass is 279 g/mol. The Morgan fingerprint density at radius 1 is 1.05 bits per heavy atom. The zero-order valence-electron chi connectivity index (χ0n) is 12.4. The van der Waals surface area contributed by atoms with Gasteiger partial charge in [-0.1, -0.05) is 0 Å². The highest BCUT2D eigenvalue weighted by Gasteiger charge is 2.46. The molecule has 0 N–H and O–H groups in total. The van der Waals surface area contributed by atoms with Gasteiger partial charge in [0, 0.05) is 39.6 Å². The van der Waals surface area contributed by atoms with Crippen LogP contribution in [0.5, 0.6) is 0 Å². The first kappa shape index (κ1) is 13.9. The lowest BCUT2D eigenvalue weighted by atomic mass is 9.72. The van der Waals surface area contributed by atoms with Crippen molar-refractivity contribution in [1.29, 1.82) is 0 Å². The molecule has 0 radical (unpaired) electrons. The van der Waals surface area contributed by atoms with E-state index in [4.69, 9.17) is 0 Å². The van der Waals surface area contributed by atoms with Crippen LogP contribution in [0.15, 0.2) is 0 Å². The summed E-state index contributed by atoms with van der Waals surface area (Å²) < 4.78 is 0. The molecule has 2 amide bonds. The molecule has 3 aliphatic rings. The highest BCUT2D eigenvalue weighted by molar-refractivity contribution is 5.84. The highest BCUT2D eigenvalue weighted by Crippen LogP contribution is 2.40. The summed E-state index contributed by atoms with van der Waals surface area (Å²) in [7, 11) is 1.83. The van der Waals surface area contributed by atoms with Gasteiger partial charge in [-0.05, 0) is 38.8 Å². The summed E-state index contributed by atoms with van der Waals surface area (Å²) in [5.74, 6) is 0.469. The smallest absolute Gasteiger partial charge is 0.230 e. The fourth-order valence-corrected chi connectivity index (χ4v) is 4.01. The van der Waals surface area contributed by atoms with Gasteiger partial charge in [0.05, 0.1) is 5.41 Å². The maximum atomic E-state index is 13.0. The number of hydrogen-bond acceptors (Lipinski definition) is 3. The van der Waals surface area contributed by atoms with Gasteiger partial charge in [-0.25, -0.2) is 0 Å². The molecule has 0 aromatic heterocycles. The quantitative estimate of drug-likeness (QED) is 0.704. The van der Waals surface area contributed by atoms with Crippen LogP contribution in [0.4, 0.5) is 0 Å². The van der Waals surface area contributed by atoms with E-state index in [0.29, 0.717) is 32.0 Å². The van der Waals surface area contributed by atoms with Crippen molar-refractivity contribution < 1.29 is 9.59 Å². The molecule has 0 aromatic carbocycles. The van der Waals surface area contributed by atoms with E-state index >= 15 is 0 Å². The van der Waals surface area contributed by atoms with Crippen LogP contribution in [0.2, 0.25) is 0 Å². The zero-order chi connectivity index (χ0) is 14.2. The molecule has 20 heavy (non-hydrogen) atoms. The Morgan fingerprint density at radius 3 is 2.45 bits per heavy atom. The zero-order valence-corrected chi connectivity index (χ0v) is 12.4. The second-order valence-corrected chi connectivity index (χ2v) is 6.62. The summed E-state index contributed by atoms with van der Waals surface area (Å²) in [5, 5.41) is 0. The van der Waals surface area contributed by atoms with Gasteiger partial charge in [0.25, 0.3) is 0 Å². The number of carbonyl (C=O) groups is 2. The molecule has 5 nitrogen and oxygen atoms in total. The molecule has 0 aromatic rings. The topological polar surface area (TPSA) is 43.9 Å². The largest absolute Gasteiger partial charge is 0.344 e. The molecule has 0 saturated carbocycles. The van der Waals surface area contributed by atoms with Crippen molar-refractivity contribution in [3.8, 4) is 0 Å². The van der Waals surface area contributed by atoms with Gasteiger partial charge >= 0.3 is 0 Å². The first-order valence-electron chi connectivity index (χ1n) is 7.86. The molecule has 0 aliphatic carbocycles. The molecule has 2 bridgehead atoms. The second kappa shape index (κ2) is 5.35. The normalized spacial score (nSPS) is 34.9. The van der Waals surface area contributed by atoms with Gasteiger partial charge in [-0.15, -0.1) is 0 Å². The van der Waals surface area contributed by atoms with Gasteiger partial charge in [-0.2, -0.15) is 0 Å².